The van der Waals surface area contributed by atoms with E-state index in [1.807, 2.05) is 0 Å². The van der Waals surface area contributed by atoms with Gasteiger partial charge in [-0.15, -0.1) is 0 Å². The van der Waals surface area contributed by atoms with Gasteiger partial charge in [0.25, 0.3) is 0 Å². The molecule has 2 aromatic rings. The summed E-state index contributed by atoms with van der Waals surface area (Å²) in [5.41, 5.74) is 6.89. The molecule has 0 fully saturated rings. The zero-order valence-corrected chi connectivity index (χ0v) is 12.5. The van der Waals surface area contributed by atoms with Crippen LogP contribution in [-0.2, 0) is 4.74 Å². The monoisotopic (exact) mass is 346 g/mol. The number of carbonyl (C=O) groups is 1. The van der Waals surface area contributed by atoms with E-state index in [-0.39, 0.29) is 11.4 Å². The minimum Gasteiger partial charge on any atom is -0.465 e. The number of carbonyl (C=O) groups excluding carboxylic acids is 1. The van der Waals surface area contributed by atoms with Crippen molar-refractivity contribution in [3.05, 3.63) is 56.5 Å². The largest absolute Gasteiger partial charge is 0.465 e. The maximum absolute atomic E-state index is 13.0. The van der Waals surface area contributed by atoms with Crippen molar-refractivity contribution in [3.63, 3.8) is 0 Å². The first-order chi connectivity index (χ1) is 10.1. The van der Waals surface area contributed by atoms with Crippen LogP contribution in [0.4, 0.5) is 4.39 Å². The third-order valence-electron chi connectivity index (χ3n) is 3.01. The number of ether oxygens (including phenoxy) is 1. The summed E-state index contributed by atoms with van der Waals surface area (Å²) in [6.07, 6.45) is 1.70. The fraction of sp³-hybridized carbons (Fsp3) is 0.0625. The van der Waals surface area contributed by atoms with Crippen molar-refractivity contribution < 1.29 is 18.3 Å². The number of benzene rings is 1. The van der Waals surface area contributed by atoms with Crippen molar-refractivity contribution in [1.29, 1.82) is 0 Å². The number of allylic oxidation sites excluding steroid dienone is 1. The Bertz CT molecular complexity index is 925. The highest BCUT2D eigenvalue weighted by Crippen LogP contribution is 2.22. The molecule has 21 heavy (non-hydrogen) atoms. The van der Waals surface area contributed by atoms with Crippen LogP contribution in [0.3, 0.4) is 0 Å². The summed E-state index contributed by atoms with van der Waals surface area (Å²) < 4.78 is 24.2. The van der Waals surface area contributed by atoms with E-state index in [2.05, 4.69) is 27.4 Å². The van der Waals surface area contributed by atoms with Gasteiger partial charge >= 0.3 is 5.97 Å². The lowest BCUT2D eigenvalue weighted by Gasteiger charge is -2.01. The molecule has 5 heteroatoms. The van der Waals surface area contributed by atoms with E-state index in [1.54, 1.807) is 6.08 Å². The lowest BCUT2D eigenvalue weighted by atomic mass is 10.1. The lowest BCUT2D eigenvalue weighted by molar-refractivity contribution is 0.0600. The van der Waals surface area contributed by atoms with Crippen LogP contribution in [0.1, 0.15) is 10.4 Å². The molecule has 1 aromatic heterocycles. The van der Waals surface area contributed by atoms with Gasteiger partial charge in [0.2, 0.25) is 0 Å². The summed E-state index contributed by atoms with van der Waals surface area (Å²) in [6.45, 7) is 0. The topological polar surface area (TPSA) is 39.4 Å². The van der Waals surface area contributed by atoms with Crippen molar-refractivity contribution in [2.75, 3.05) is 7.11 Å². The SMILES string of the molecule is COC(=O)c1c(-c2ccc(F)cc2)oc2c1=CC(Br)=C=C=2. The molecule has 1 aromatic carbocycles. The highest BCUT2D eigenvalue weighted by Gasteiger charge is 2.22. The normalized spacial score (nSPS) is 12.0. The van der Waals surface area contributed by atoms with Crippen LogP contribution in [0, 0.1) is 5.82 Å². The molecule has 1 aliphatic rings. The van der Waals surface area contributed by atoms with Crippen LogP contribution in [0.25, 0.3) is 23.1 Å². The first kappa shape index (κ1) is 13.7. The van der Waals surface area contributed by atoms with Crippen LogP contribution in [0.5, 0.6) is 0 Å². The second-order valence-corrected chi connectivity index (χ2v) is 5.14. The Morgan fingerprint density at radius 3 is 2.67 bits per heavy atom. The van der Waals surface area contributed by atoms with Crippen molar-refractivity contribution >= 4 is 33.7 Å². The fourth-order valence-corrected chi connectivity index (χ4v) is 2.39. The Morgan fingerprint density at radius 1 is 1.29 bits per heavy atom. The molecule has 0 bridgehead atoms. The van der Waals surface area contributed by atoms with Gasteiger partial charge in [0.15, 0.2) is 11.2 Å². The Labute approximate surface area is 127 Å². The number of fused-ring (bicyclic) bond motifs is 1. The third kappa shape index (κ3) is 2.39. The number of hydrogen-bond donors (Lipinski definition) is 0. The molecule has 1 heterocycles. The fourth-order valence-electron chi connectivity index (χ4n) is 2.06. The van der Waals surface area contributed by atoms with Gasteiger partial charge in [0, 0.05) is 10.8 Å². The van der Waals surface area contributed by atoms with E-state index in [0.717, 1.165) is 0 Å². The maximum Gasteiger partial charge on any atom is 0.342 e. The molecule has 0 unspecified atom stereocenters. The van der Waals surface area contributed by atoms with E-state index < -0.39 is 5.97 Å². The molecule has 3 rings (SSSR count). The van der Waals surface area contributed by atoms with Crippen LogP contribution >= 0.6 is 15.9 Å². The maximum atomic E-state index is 13.0. The van der Waals surface area contributed by atoms with Crippen LogP contribution in [-0.4, -0.2) is 13.1 Å². The third-order valence-corrected chi connectivity index (χ3v) is 3.43. The van der Waals surface area contributed by atoms with Crippen LogP contribution in [0.2, 0.25) is 0 Å². The van der Waals surface area contributed by atoms with E-state index in [1.165, 1.54) is 31.4 Å². The summed E-state index contributed by atoms with van der Waals surface area (Å²) >= 11 is 3.28. The molecule has 0 N–H and O–H groups in total. The average Bonchev–Trinajstić information content (AvgIpc) is 2.85. The second-order valence-electron chi connectivity index (χ2n) is 4.29. The van der Waals surface area contributed by atoms with Gasteiger partial charge in [0.05, 0.1) is 11.6 Å². The van der Waals surface area contributed by atoms with Crippen LogP contribution in [0.15, 0.2) is 38.9 Å². The predicted molar refractivity (Wildman–Crippen MR) is 78.5 cm³/mol. The number of methoxy groups -OCH3 is 1. The van der Waals surface area contributed by atoms with Gasteiger partial charge in [-0.05, 0) is 52.0 Å². The molecule has 1 aliphatic carbocycles. The summed E-state index contributed by atoms with van der Waals surface area (Å²) in [7, 11) is 1.30. The Hall–Kier alpha value is -2.32. The Morgan fingerprint density at radius 2 is 2.00 bits per heavy atom. The van der Waals surface area contributed by atoms with Gasteiger partial charge in [-0.25, -0.2) is 9.18 Å². The van der Waals surface area contributed by atoms with E-state index in [9.17, 15) is 9.18 Å². The molecule has 3 nitrogen and oxygen atoms in total. The van der Waals surface area contributed by atoms with Crippen molar-refractivity contribution in [2.45, 2.75) is 0 Å². The summed E-state index contributed by atoms with van der Waals surface area (Å²) in [4.78, 5) is 12.1. The number of hydrogen-bond acceptors (Lipinski definition) is 3. The number of furan rings is 1. The first-order valence-corrected chi connectivity index (χ1v) is 6.79. The van der Waals surface area contributed by atoms with Crippen molar-refractivity contribution in [3.8, 4) is 11.3 Å². The summed E-state index contributed by atoms with van der Waals surface area (Å²) in [5.74, 6) is -0.573. The molecular formula is C16H8BrFO3. The minimum atomic E-state index is -0.528. The minimum absolute atomic E-state index is 0.282. The second kappa shape index (κ2) is 5.23. The van der Waals surface area contributed by atoms with Gasteiger partial charge in [0.1, 0.15) is 11.4 Å². The van der Waals surface area contributed by atoms with Gasteiger partial charge in [-0.1, -0.05) is 5.73 Å². The molecule has 0 saturated carbocycles. The highest BCUT2D eigenvalue weighted by atomic mass is 79.9. The Balaban J connectivity index is 2.34. The lowest BCUT2D eigenvalue weighted by Crippen LogP contribution is -2.26. The van der Waals surface area contributed by atoms with Gasteiger partial charge < -0.3 is 9.15 Å². The average molecular weight is 347 g/mol. The molecule has 0 saturated heterocycles. The quantitative estimate of drug-likeness (QED) is 0.619. The van der Waals surface area contributed by atoms with Crippen molar-refractivity contribution in [1.82, 2.24) is 0 Å². The van der Waals surface area contributed by atoms with Crippen LogP contribution < -0.4 is 10.6 Å². The number of esters is 1. The number of halogens is 2. The van der Waals surface area contributed by atoms with Crippen molar-refractivity contribution in [2.24, 2.45) is 0 Å². The zero-order chi connectivity index (χ0) is 15.0. The van der Waals surface area contributed by atoms with E-state index in [0.29, 0.717) is 26.4 Å². The highest BCUT2D eigenvalue weighted by molar-refractivity contribution is 9.12. The Kier molecular flexibility index (Phi) is 3.40. The molecule has 0 radical (unpaired) electrons. The van der Waals surface area contributed by atoms with Gasteiger partial charge in [-0.3, -0.25) is 0 Å². The first-order valence-electron chi connectivity index (χ1n) is 6.00. The molecule has 0 aliphatic heterocycles. The zero-order valence-electron chi connectivity index (χ0n) is 10.9. The predicted octanol–water partition coefficient (Wildman–Crippen LogP) is 2.48. The molecular weight excluding hydrogens is 339 g/mol. The molecule has 0 spiro atoms. The standard InChI is InChI=1S/C16H8BrFO3/c1-20-16(19)14-12-8-10(17)4-7-13(12)21-15(14)9-2-5-11(18)6-3-9/h2-3,5-6,8H,1H3. The van der Waals surface area contributed by atoms with E-state index >= 15 is 0 Å². The summed E-state index contributed by atoms with van der Waals surface area (Å²) in [6, 6.07) is 5.68. The molecule has 0 amide bonds. The van der Waals surface area contributed by atoms with E-state index in [4.69, 9.17) is 9.15 Å². The smallest absolute Gasteiger partial charge is 0.342 e. The number of rotatable bonds is 2. The molecule has 104 valence electrons. The summed E-state index contributed by atoms with van der Waals surface area (Å²) in [5, 5.41) is 0.562. The van der Waals surface area contributed by atoms with Gasteiger partial charge in [-0.2, -0.15) is 0 Å². The molecule has 0 atom stereocenters.